The summed E-state index contributed by atoms with van der Waals surface area (Å²) in [6.07, 6.45) is 1.18. The molecule has 18 heavy (non-hydrogen) atoms. The molecule has 2 unspecified atom stereocenters. The summed E-state index contributed by atoms with van der Waals surface area (Å²) in [5, 5.41) is 0. The third-order valence-corrected chi connectivity index (χ3v) is 3.71. The molecule has 0 amide bonds. The first-order valence-corrected chi connectivity index (χ1v) is 6.46. The van der Waals surface area contributed by atoms with Gasteiger partial charge in [-0.25, -0.2) is 4.39 Å². The highest BCUT2D eigenvalue weighted by atomic mass is 19.1. The summed E-state index contributed by atoms with van der Waals surface area (Å²) in [4.78, 5) is 4.62. The van der Waals surface area contributed by atoms with Gasteiger partial charge in [0.1, 0.15) is 5.82 Å². The second kappa shape index (κ2) is 5.78. The fourth-order valence-electron chi connectivity index (χ4n) is 2.52. The van der Waals surface area contributed by atoms with Crippen molar-refractivity contribution < 1.29 is 4.39 Å². The van der Waals surface area contributed by atoms with E-state index in [2.05, 4.69) is 23.9 Å². The average Bonchev–Trinajstić information content (AvgIpc) is 2.77. The zero-order chi connectivity index (χ0) is 13.1. The Kier molecular flexibility index (Phi) is 4.32. The Morgan fingerprint density at radius 3 is 2.89 bits per heavy atom. The largest absolute Gasteiger partial charge is 0.323 e. The molecule has 2 rings (SSSR count). The predicted octanol–water partition coefficient (Wildman–Crippen LogP) is 1.46. The van der Waals surface area contributed by atoms with Gasteiger partial charge < -0.3 is 10.6 Å². The molecule has 1 aromatic carbocycles. The molecule has 0 saturated carbocycles. The van der Waals surface area contributed by atoms with Crippen LogP contribution in [0.4, 0.5) is 4.39 Å². The van der Waals surface area contributed by atoms with Crippen LogP contribution >= 0.6 is 0 Å². The van der Waals surface area contributed by atoms with Gasteiger partial charge in [-0.05, 0) is 44.8 Å². The summed E-state index contributed by atoms with van der Waals surface area (Å²) in [5.41, 5.74) is 7.02. The molecule has 1 aliphatic heterocycles. The van der Waals surface area contributed by atoms with E-state index in [1.807, 2.05) is 6.07 Å². The number of halogens is 1. The Labute approximate surface area is 108 Å². The normalized spacial score (nSPS) is 22.6. The molecule has 2 N–H and O–H groups in total. The Morgan fingerprint density at radius 1 is 1.50 bits per heavy atom. The van der Waals surface area contributed by atoms with Crippen molar-refractivity contribution in [3.05, 3.63) is 35.6 Å². The number of nitrogens with two attached hydrogens (primary N) is 1. The summed E-state index contributed by atoms with van der Waals surface area (Å²) < 4.78 is 13.1. The third kappa shape index (κ3) is 3.28. The molecule has 4 heteroatoms. The smallest absolute Gasteiger partial charge is 0.123 e. The summed E-state index contributed by atoms with van der Waals surface area (Å²) in [6, 6.07) is 7.11. The first kappa shape index (κ1) is 13.5. The molecule has 1 saturated heterocycles. The van der Waals surface area contributed by atoms with Crippen LogP contribution in [0.1, 0.15) is 18.0 Å². The van der Waals surface area contributed by atoms with Crippen molar-refractivity contribution >= 4 is 0 Å². The van der Waals surface area contributed by atoms with Crippen molar-refractivity contribution in [1.29, 1.82) is 0 Å². The molecule has 3 nitrogen and oxygen atoms in total. The highest BCUT2D eigenvalue weighted by Gasteiger charge is 2.25. The zero-order valence-electron chi connectivity index (χ0n) is 11.1. The SMILES string of the molecule is CN(C)C1CCN(CC(N)c2cccc(F)c2)C1. The van der Waals surface area contributed by atoms with Crippen molar-refractivity contribution in [2.45, 2.75) is 18.5 Å². The van der Waals surface area contributed by atoms with Gasteiger partial charge in [-0.3, -0.25) is 4.90 Å². The minimum absolute atomic E-state index is 0.110. The van der Waals surface area contributed by atoms with Gasteiger partial charge in [0.05, 0.1) is 0 Å². The second-order valence-corrected chi connectivity index (χ2v) is 5.33. The van der Waals surface area contributed by atoms with Gasteiger partial charge in [0, 0.05) is 25.2 Å². The summed E-state index contributed by atoms with van der Waals surface area (Å²) in [7, 11) is 4.22. The van der Waals surface area contributed by atoms with E-state index in [1.54, 1.807) is 6.07 Å². The predicted molar refractivity (Wildman–Crippen MR) is 71.9 cm³/mol. The summed E-state index contributed by atoms with van der Waals surface area (Å²) in [6.45, 7) is 2.93. The molecule has 0 spiro atoms. The van der Waals surface area contributed by atoms with Gasteiger partial charge in [-0.2, -0.15) is 0 Å². The molecular weight excluding hydrogens is 229 g/mol. The number of benzene rings is 1. The Balaban J connectivity index is 1.90. The number of hydrogen-bond donors (Lipinski definition) is 1. The van der Waals surface area contributed by atoms with Crippen LogP contribution in [0.3, 0.4) is 0 Å². The van der Waals surface area contributed by atoms with Crippen LogP contribution in [0.25, 0.3) is 0 Å². The minimum atomic E-state index is -0.212. The molecule has 0 aromatic heterocycles. The monoisotopic (exact) mass is 251 g/mol. The second-order valence-electron chi connectivity index (χ2n) is 5.33. The van der Waals surface area contributed by atoms with Crippen LogP contribution < -0.4 is 5.73 Å². The lowest BCUT2D eigenvalue weighted by Crippen LogP contribution is -2.34. The van der Waals surface area contributed by atoms with Gasteiger partial charge in [0.25, 0.3) is 0 Å². The zero-order valence-corrected chi connectivity index (χ0v) is 11.1. The molecule has 1 aliphatic rings. The summed E-state index contributed by atoms with van der Waals surface area (Å²) in [5.74, 6) is -0.212. The highest BCUT2D eigenvalue weighted by Crippen LogP contribution is 2.18. The van der Waals surface area contributed by atoms with E-state index in [-0.39, 0.29) is 11.9 Å². The quantitative estimate of drug-likeness (QED) is 0.879. The van der Waals surface area contributed by atoms with E-state index < -0.39 is 0 Å². The van der Waals surface area contributed by atoms with Gasteiger partial charge in [0.15, 0.2) is 0 Å². The fraction of sp³-hybridized carbons (Fsp3) is 0.571. The molecule has 1 aromatic rings. The summed E-state index contributed by atoms with van der Waals surface area (Å²) >= 11 is 0. The van der Waals surface area contributed by atoms with Crippen molar-refractivity contribution in [3.63, 3.8) is 0 Å². The van der Waals surface area contributed by atoms with Crippen molar-refractivity contribution in [2.75, 3.05) is 33.7 Å². The lowest BCUT2D eigenvalue weighted by molar-refractivity contribution is 0.260. The van der Waals surface area contributed by atoms with E-state index in [0.717, 1.165) is 25.2 Å². The van der Waals surface area contributed by atoms with Crippen LogP contribution in [0, 0.1) is 5.82 Å². The van der Waals surface area contributed by atoms with Gasteiger partial charge in [-0.1, -0.05) is 12.1 Å². The lowest BCUT2D eigenvalue weighted by atomic mass is 10.1. The van der Waals surface area contributed by atoms with Crippen LogP contribution in [0.5, 0.6) is 0 Å². The number of rotatable bonds is 4. The van der Waals surface area contributed by atoms with Crippen LogP contribution in [0.15, 0.2) is 24.3 Å². The maximum Gasteiger partial charge on any atom is 0.123 e. The molecule has 100 valence electrons. The van der Waals surface area contributed by atoms with Crippen molar-refractivity contribution in [3.8, 4) is 0 Å². The number of nitrogens with zero attached hydrogens (tertiary/aromatic N) is 2. The molecular formula is C14H22FN3. The third-order valence-electron chi connectivity index (χ3n) is 3.71. The molecule has 0 bridgehead atoms. The van der Waals surface area contributed by atoms with Crippen LogP contribution in [0.2, 0.25) is 0 Å². The minimum Gasteiger partial charge on any atom is -0.323 e. The first-order valence-electron chi connectivity index (χ1n) is 6.46. The van der Waals surface area contributed by atoms with Crippen molar-refractivity contribution in [2.24, 2.45) is 5.73 Å². The Hall–Kier alpha value is -0.970. The molecule has 0 aliphatic carbocycles. The van der Waals surface area contributed by atoms with E-state index in [4.69, 9.17) is 5.73 Å². The van der Waals surface area contributed by atoms with Crippen LogP contribution in [-0.2, 0) is 0 Å². The topological polar surface area (TPSA) is 32.5 Å². The van der Waals surface area contributed by atoms with Gasteiger partial charge >= 0.3 is 0 Å². The van der Waals surface area contributed by atoms with E-state index in [9.17, 15) is 4.39 Å². The van der Waals surface area contributed by atoms with E-state index in [0.29, 0.717) is 6.04 Å². The van der Waals surface area contributed by atoms with Gasteiger partial charge in [-0.15, -0.1) is 0 Å². The average molecular weight is 251 g/mol. The number of hydrogen-bond acceptors (Lipinski definition) is 3. The number of likely N-dealkylation sites (tertiary alicyclic amines) is 1. The number of likely N-dealkylation sites (N-methyl/N-ethyl adjacent to an activating group) is 1. The first-order chi connectivity index (χ1) is 8.56. The van der Waals surface area contributed by atoms with E-state index >= 15 is 0 Å². The maximum absolute atomic E-state index is 13.1. The standard InChI is InChI=1S/C14H22FN3/c1-17(2)13-6-7-18(9-13)10-14(16)11-4-3-5-12(15)8-11/h3-5,8,13-14H,6-7,9-10,16H2,1-2H3. The maximum atomic E-state index is 13.1. The highest BCUT2D eigenvalue weighted by molar-refractivity contribution is 5.20. The van der Waals surface area contributed by atoms with Crippen LogP contribution in [-0.4, -0.2) is 49.6 Å². The van der Waals surface area contributed by atoms with Crippen molar-refractivity contribution in [1.82, 2.24) is 9.80 Å². The Morgan fingerprint density at radius 2 is 2.28 bits per heavy atom. The molecule has 1 fully saturated rings. The lowest BCUT2D eigenvalue weighted by Gasteiger charge is -2.23. The molecule has 2 atom stereocenters. The fourth-order valence-corrected chi connectivity index (χ4v) is 2.52. The molecule has 0 radical (unpaired) electrons. The van der Waals surface area contributed by atoms with Gasteiger partial charge in [0.2, 0.25) is 0 Å². The Bertz CT molecular complexity index is 394. The van der Waals surface area contributed by atoms with E-state index in [1.165, 1.54) is 18.6 Å². The molecule has 1 heterocycles.